The Bertz CT molecular complexity index is 976. The summed E-state index contributed by atoms with van der Waals surface area (Å²) < 4.78 is 29.3. The van der Waals surface area contributed by atoms with Gasteiger partial charge in [-0.25, -0.2) is 13.1 Å². The van der Waals surface area contributed by atoms with E-state index in [-0.39, 0.29) is 10.4 Å². The molecule has 0 radical (unpaired) electrons. The molecular formula is C23H30N4O3S. The minimum atomic E-state index is -3.58. The van der Waals surface area contributed by atoms with Gasteiger partial charge in [-0.1, -0.05) is 6.07 Å². The van der Waals surface area contributed by atoms with Crippen LogP contribution in [0.2, 0.25) is 0 Å². The van der Waals surface area contributed by atoms with Gasteiger partial charge in [0.2, 0.25) is 10.0 Å². The summed E-state index contributed by atoms with van der Waals surface area (Å²) in [6.07, 6.45) is 9.23. The summed E-state index contributed by atoms with van der Waals surface area (Å²) in [5.41, 5.74) is 1.34. The van der Waals surface area contributed by atoms with Crippen molar-refractivity contribution in [2.45, 2.75) is 61.9 Å². The molecule has 166 valence electrons. The Labute approximate surface area is 183 Å². The van der Waals surface area contributed by atoms with Crippen molar-refractivity contribution in [1.29, 1.82) is 0 Å². The molecule has 4 fully saturated rings. The van der Waals surface area contributed by atoms with E-state index in [0.717, 1.165) is 24.8 Å². The van der Waals surface area contributed by atoms with Crippen LogP contribution in [0.25, 0.3) is 0 Å². The lowest BCUT2D eigenvalue weighted by Crippen LogP contribution is -2.59. The van der Waals surface area contributed by atoms with Gasteiger partial charge >= 0.3 is 0 Å². The molecule has 4 bridgehead atoms. The van der Waals surface area contributed by atoms with Gasteiger partial charge in [0.15, 0.2) is 6.35 Å². The van der Waals surface area contributed by atoms with Crippen LogP contribution in [-0.4, -0.2) is 30.4 Å². The van der Waals surface area contributed by atoms with Crippen LogP contribution in [0, 0.1) is 17.8 Å². The highest BCUT2D eigenvalue weighted by Gasteiger charge is 2.52. The molecule has 1 aromatic heterocycles. The average Bonchev–Trinajstić information content (AvgIpc) is 2.72. The molecule has 0 aliphatic heterocycles. The Balaban J connectivity index is 1.20. The van der Waals surface area contributed by atoms with E-state index in [9.17, 15) is 13.5 Å². The first-order valence-electron chi connectivity index (χ1n) is 11.1. The van der Waals surface area contributed by atoms with Crippen LogP contribution < -0.4 is 15.4 Å². The second-order valence-corrected chi connectivity index (χ2v) is 11.3. The summed E-state index contributed by atoms with van der Waals surface area (Å²) in [7, 11) is -3.58. The molecule has 4 aliphatic carbocycles. The Morgan fingerprint density at radius 3 is 2.26 bits per heavy atom. The SMILES string of the molecule is O=S(=O)(NC12CC3CC(CC(C3)C1)C2)c1ccc(NC(O)NCc2cccnc2)cc1. The third kappa shape index (κ3) is 4.62. The minimum Gasteiger partial charge on any atom is -0.361 e. The summed E-state index contributed by atoms with van der Waals surface area (Å²) in [5, 5.41) is 16.0. The number of nitrogens with zero attached hydrogens (tertiary/aromatic N) is 1. The van der Waals surface area contributed by atoms with Crippen LogP contribution in [0.3, 0.4) is 0 Å². The lowest BCUT2D eigenvalue weighted by Gasteiger charge is -2.56. The molecular weight excluding hydrogens is 412 g/mol. The van der Waals surface area contributed by atoms with Gasteiger partial charge in [0.1, 0.15) is 0 Å². The zero-order valence-corrected chi connectivity index (χ0v) is 18.3. The first-order chi connectivity index (χ1) is 14.9. The van der Waals surface area contributed by atoms with Gasteiger partial charge in [0.05, 0.1) is 4.90 Å². The number of hydrogen-bond donors (Lipinski definition) is 4. The Kier molecular flexibility index (Phi) is 5.50. The highest BCUT2D eigenvalue weighted by molar-refractivity contribution is 7.89. The van der Waals surface area contributed by atoms with Gasteiger partial charge in [0, 0.05) is 30.2 Å². The number of aromatic nitrogens is 1. The van der Waals surface area contributed by atoms with E-state index >= 15 is 0 Å². The van der Waals surface area contributed by atoms with Crippen molar-refractivity contribution in [3.8, 4) is 0 Å². The fourth-order valence-electron chi connectivity index (χ4n) is 6.24. The summed E-state index contributed by atoms with van der Waals surface area (Å²) in [6, 6.07) is 10.3. The highest BCUT2D eigenvalue weighted by Crippen LogP contribution is 2.55. The quantitative estimate of drug-likeness (QED) is 0.469. The molecule has 4 saturated carbocycles. The number of sulfonamides is 1. The molecule has 0 amide bonds. The maximum absolute atomic E-state index is 13.1. The first-order valence-corrected chi connectivity index (χ1v) is 12.6. The van der Waals surface area contributed by atoms with Crippen molar-refractivity contribution in [3.05, 3.63) is 54.4 Å². The second-order valence-electron chi connectivity index (χ2n) is 9.62. The molecule has 7 nitrogen and oxygen atoms in total. The molecule has 0 saturated heterocycles. The predicted molar refractivity (Wildman–Crippen MR) is 118 cm³/mol. The first kappa shape index (κ1) is 20.9. The Morgan fingerprint density at radius 2 is 1.68 bits per heavy atom. The molecule has 1 unspecified atom stereocenters. The Morgan fingerprint density at radius 1 is 1.03 bits per heavy atom. The molecule has 8 heteroatoms. The second kappa shape index (κ2) is 8.16. The van der Waals surface area contributed by atoms with E-state index < -0.39 is 16.4 Å². The molecule has 31 heavy (non-hydrogen) atoms. The van der Waals surface area contributed by atoms with Gasteiger partial charge in [-0.2, -0.15) is 0 Å². The summed E-state index contributed by atoms with van der Waals surface area (Å²) in [6.45, 7) is 0.462. The Hall–Kier alpha value is -2.00. The molecule has 4 N–H and O–H groups in total. The summed E-state index contributed by atoms with van der Waals surface area (Å²) in [5.74, 6) is 2.04. The number of nitrogens with one attached hydrogen (secondary N) is 3. The van der Waals surface area contributed by atoms with Crippen LogP contribution >= 0.6 is 0 Å². The molecule has 0 spiro atoms. The van der Waals surface area contributed by atoms with Crippen molar-refractivity contribution in [1.82, 2.24) is 15.0 Å². The number of benzene rings is 1. The molecule has 6 rings (SSSR count). The fraction of sp³-hybridized carbons (Fsp3) is 0.522. The molecule has 4 aliphatic rings. The number of aliphatic hydroxyl groups excluding tert-OH is 1. The summed E-state index contributed by atoms with van der Waals surface area (Å²) >= 11 is 0. The van der Waals surface area contributed by atoms with E-state index in [2.05, 4.69) is 20.3 Å². The van der Waals surface area contributed by atoms with Gasteiger partial charge in [-0.15, -0.1) is 0 Å². The molecule has 1 aromatic carbocycles. The fourth-order valence-corrected chi connectivity index (χ4v) is 7.67. The van der Waals surface area contributed by atoms with E-state index in [1.165, 1.54) is 19.3 Å². The monoisotopic (exact) mass is 442 g/mol. The zero-order chi connectivity index (χ0) is 21.5. The van der Waals surface area contributed by atoms with Crippen molar-refractivity contribution in [2.24, 2.45) is 17.8 Å². The number of hydrogen-bond acceptors (Lipinski definition) is 6. The van der Waals surface area contributed by atoms with Gasteiger partial charge in [-0.3, -0.25) is 10.3 Å². The maximum Gasteiger partial charge on any atom is 0.241 e. The van der Waals surface area contributed by atoms with E-state index in [4.69, 9.17) is 0 Å². The van der Waals surface area contributed by atoms with Gasteiger partial charge < -0.3 is 10.4 Å². The van der Waals surface area contributed by atoms with Crippen molar-refractivity contribution < 1.29 is 13.5 Å². The van der Waals surface area contributed by atoms with E-state index in [0.29, 0.717) is 30.0 Å². The van der Waals surface area contributed by atoms with Crippen LogP contribution in [0.15, 0.2) is 53.7 Å². The van der Waals surface area contributed by atoms with Crippen molar-refractivity contribution in [2.75, 3.05) is 5.32 Å². The third-order valence-electron chi connectivity index (χ3n) is 7.08. The minimum absolute atomic E-state index is 0.253. The van der Waals surface area contributed by atoms with Crippen molar-refractivity contribution >= 4 is 15.7 Å². The molecule has 2 aromatic rings. The number of aliphatic hydroxyl groups is 1. The standard InChI is InChI=1S/C23H30N4O3S/c28-22(25-15-16-2-1-7-24-14-16)26-20-3-5-21(6-4-20)31(29,30)27-23-11-17-8-18(12-23)10-19(9-17)13-23/h1-7,14,17-19,22,25-28H,8-13,15H2. The average molecular weight is 443 g/mol. The normalized spacial score (nSPS) is 30.3. The lowest BCUT2D eigenvalue weighted by molar-refractivity contribution is -0.00810. The summed E-state index contributed by atoms with van der Waals surface area (Å²) in [4.78, 5) is 4.31. The molecule has 1 heterocycles. The van der Waals surface area contributed by atoms with Crippen LogP contribution in [-0.2, 0) is 16.6 Å². The van der Waals surface area contributed by atoms with E-state index in [1.807, 2.05) is 12.1 Å². The highest BCUT2D eigenvalue weighted by atomic mass is 32.2. The zero-order valence-electron chi connectivity index (χ0n) is 17.5. The van der Waals surface area contributed by atoms with Gasteiger partial charge in [-0.05, 0) is 92.2 Å². The number of anilines is 1. The molecule has 1 atom stereocenters. The maximum atomic E-state index is 13.1. The number of pyridine rings is 1. The topological polar surface area (TPSA) is 103 Å². The third-order valence-corrected chi connectivity index (χ3v) is 8.67. The van der Waals surface area contributed by atoms with Crippen molar-refractivity contribution in [3.63, 3.8) is 0 Å². The van der Waals surface area contributed by atoms with Crippen LogP contribution in [0.1, 0.15) is 44.1 Å². The smallest absolute Gasteiger partial charge is 0.241 e. The van der Waals surface area contributed by atoms with Crippen LogP contribution in [0.5, 0.6) is 0 Å². The lowest BCUT2D eigenvalue weighted by atomic mass is 9.53. The van der Waals surface area contributed by atoms with Crippen LogP contribution in [0.4, 0.5) is 5.69 Å². The van der Waals surface area contributed by atoms with E-state index in [1.54, 1.807) is 36.7 Å². The largest absolute Gasteiger partial charge is 0.361 e. The van der Waals surface area contributed by atoms with Gasteiger partial charge in [0.25, 0.3) is 0 Å². The predicted octanol–water partition coefficient (Wildman–Crippen LogP) is 2.81. The number of rotatable bonds is 8.